The fourth-order valence-corrected chi connectivity index (χ4v) is 8.75. The SMILES string of the molecule is O=S(=O)(CC(F)(F)F)[C-](S(=O)(=O)CC(F)(F)F)S(=O)(=O)CC(F)(F)F.[Li+]. The van der Waals surface area contributed by atoms with Gasteiger partial charge in [-0.3, -0.25) is 25.3 Å². The Morgan fingerprint density at radius 2 is 0.654 bits per heavy atom. The summed E-state index contributed by atoms with van der Waals surface area (Å²) in [6.45, 7) is 0. The summed E-state index contributed by atoms with van der Waals surface area (Å²) >= 11 is 0. The van der Waals surface area contributed by atoms with E-state index in [1.165, 1.54) is 0 Å². The van der Waals surface area contributed by atoms with Crippen LogP contribution < -0.4 is 18.9 Å². The molecule has 0 fully saturated rings. The maximum absolute atomic E-state index is 12.1. The molecule has 0 aliphatic heterocycles. The van der Waals surface area contributed by atoms with Crippen LogP contribution in [0, 0.1) is 3.91 Å². The van der Waals surface area contributed by atoms with Crippen molar-refractivity contribution in [1.29, 1.82) is 0 Å². The first-order valence-corrected chi connectivity index (χ1v) is 10.2. The molecule has 6 nitrogen and oxygen atoms in total. The normalized spacial score (nSPS) is 15.0. The summed E-state index contributed by atoms with van der Waals surface area (Å²) in [7, 11) is -19.9. The third kappa shape index (κ3) is 9.67. The average Bonchev–Trinajstić information content (AvgIpc) is 1.98. The van der Waals surface area contributed by atoms with Crippen LogP contribution in [0.3, 0.4) is 0 Å². The fraction of sp³-hybridized carbons (Fsp3) is 0.857. The molecule has 0 rings (SSSR count). The molecule has 0 aromatic heterocycles. The zero-order valence-electron chi connectivity index (χ0n) is 12.2. The van der Waals surface area contributed by atoms with Gasteiger partial charge in [0.2, 0.25) is 0 Å². The third-order valence-electron chi connectivity index (χ3n) is 1.82. The van der Waals surface area contributed by atoms with Crippen molar-refractivity contribution in [1.82, 2.24) is 0 Å². The fourth-order valence-electron chi connectivity index (χ4n) is 1.40. The number of halogens is 9. The minimum atomic E-state index is -6.62. The quantitative estimate of drug-likeness (QED) is 0.268. The molecule has 19 heteroatoms. The van der Waals surface area contributed by atoms with E-state index in [-0.39, 0.29) is 18.9 Å². The first-order chi connectivity index (χ1) is 10.5. The van der Waals surface area contributed by atoms with Gasteiger partial charge in [0.15, 0.2) is 0 Å². The molecule has 152 valence electrons. The van der Waals surface area contributed by atoms with Crippen LogP contribution in [0.4, 0.5) is 39.5 Å². The van der Waals surface area contributed by atoms with Gasteiger partial charge in [-0.1, -0.05) is 0 Å². The van der Waals surface area contributed by atoms with Gasteiger partial charge in [-0.2, -0.15) is 39.5 Å². The second-order valence-electron chi connectivity index (χ2n) is 4.37. The van der Waals surface area contributed by atoms with E-state index in [9.17, 15) is 64.8 Å². The van der Waals surface area contributed by atoms with Crippen molar-refractivity contribution in [3.05, 3.63) is 3.91 Å². The molecule has 0 aliphatic carbocycles. The number of alkyl halides is 9. The number of sulfone groups is 3. The Kier molecular flexibility index (Phi) is 8.68. The molecule has 0 spiro atoms. The Balaban J connectivity index is 0. The Bertz CT molecular complexity index is 681. The van der Waals surface area contributed by atoms with Gasteiger partial charge in [0.05, 0.1) is 29.5 Å². The van der Waals surface area contributed by atoms with Gasteiger partial charge in [0.25, 0.3) is 0 Å². The van der Waals surface area contributed by atoms with Gasteiger partial charge in [-0.05, 0) is 0 Å². The smallest absolute Gasteiger partial charge is 0.260 e. The Morgan fingerprint density at radius 3 is 0.769 bits per heavy atom. The first-order valence-electron chi connectivity index (χ1n) is 5.24. The Morgan fingerprint density at radius 1 is 0.500 bits per heavy atom. The van der Waals surface area contributed by atoms with Gasteiger partial charge in [-0.15, -0.1) is 0 Å². The minimum absolute atomic E-state index is 0. The van der Waals surface area contributed by atoms with E-state index >= 15 is 0 Å². The van der Waals surface area contributed by atoms with E-state index in [0.717, 1.165) is 0 Å². The molecule has 0 bridgehead atoms. The van der Waals surface area contributed by atoms with Crippen LogP contribution in [0.1, 0.15) is 0 Å². The van der Waals surface area contributed by atoms with E-state index in [1.807, 2.05) is 0 Å². The predicted octanol–water partition coefficient (Wildman–Crippen LogP) is -1.63. The van der Waals surface area contributed by atoms with Crippen molar-refractivity contribution < 1.29 is 83.6 Å². The van der Waals surface area contributed by atoms with E-state index < -0.39 is 69.2 Å². The predicted molar refractivity (Wildman–Crippen MR) is 62.8 cm³/mol. The van der Waals surface area contributed by atoms with Crippen molar-refractivity contribution in [2.45, 2.75) is 18.5 Å². The molecular formula is C7H6F9LiO6S3. The summed E-state index contributed by atoms with van der Waals surface area (Å²) < 4.78 is 174. The molecule has 0 amide bonds. The standard InChI is InChI=1S/C7H6F9O6S3.Li/c8-5(9,10)1-23(17,18)4(24(19,20)2-6(11,12)13)25(21,22)3-7(14,15)16;/h1-3H2;/q-1;+1. The molecule has 26 heavy (non-hydrogen) atoms. The van der Waals surface area contributed by atoms with E-state index in [4.69, 9.17) is 0 Å². The Hall–Kier alpha value is -0.183. The molecule has 0 saturated carbocycles. The Labute approximate surface area is 153 Å². The van der Waals surface area contributed by atoms with Crippen molar-refractivity contribution in [2.75, 3.05) is 17.3 Å². The van der Waals surface area contributed by atoms with Gasteiger partial charge < -0.3 is 0 Å². The zero-order chi connectivity index (χ0) is 20.7. The van der Waals surface area contributed by atoms with Crippen molar-refractivity contribution in [2.24, 2.45) is 0 Å². The maximum Gasteiger partial charge on any atom is 1.00 e. The van der Waals surface area contributed by atoms with E-state index in [1.54, 1.807) is 0 Å². The van der Waals surface area contributed by atoms with Gasteiger partial charge in [0, 0.05) is 3.91 Å². The second kappa shape index (κ2) is 8.05. The molecule has 0 atom stereocenters. The van der Waals surface area contributed by atoms with Crippen LogP contribution in [0.2, 0.25) is 0 Å². The summed E-state index contributed by atoms with van der Waals surface area (Å²) in [6, 6.07) is 0. The summed E-state index contributed by atoms with van der Waals surface area (Å²) in [5.41, 5.74) is 0. The van der Waals surface area contributed by atoms with Crippen LogP contribution in [-0.4, -0.2) is 61.0 Å². The molecule has 0 saturated heterocycles. The zero-order valence-corrected chi connectivity index (χ0v) is 14.6. The summed E-state index contributed by atoms with van der Waals surface area (Å²) in [5.74, 6) is -9.86. The largest absolute Gasteiger partial charge is 1.00 e. The van der Waals surface area contributed by atoms with Crippen LogP contribution in [-0.2, 0) is 29.5 Å². The maximum atomic E-state index is 12.1. The van der Waals surface area contributed by atoms with Gasteiger partial charge >= 0.3 is 37.4 Å². The topological polar surface area (TPSA) is 102 Å². The van der Waals surface area contributed by atoms with Crippen LogP contribution in [0.25, 0.3) is 0 Å². The first kappa shape index (κ1) is 28.0. The summed E-state index contributed by atoms with van der Waals surface area (Å²) in [4.78, 5) is 0. The molecule has 0 aromatic rings. The molecule has 0 unspecified atom stereocenters. The average molecular weight is 460 g/mol. The monoisotopic (exact) mass is 460 g/mol. The summed E-state index contributed by atoms with van der Waals surface area (Å²) in [6.07, 6.45) is -17.5. The van der Waals surface area contributed by atoms with Crippen molar-refractivity contribution >= 4 is 29.5 Å². The van der Waals surface area contributed by atoms with E-state index in [2.05, 4.69) is 0 Å². The molecule has 0 radical (unpaired) electrons. The molecule has 0 aliphatic rings. The van der Waals surface area contributed by atoms with Crippen LogP contribution in [0.15, 0.2) is 0 Å². The summed E-state index contributed by atoms with van der Waals surface area (Å²) in [5, 5.41) is 0. The number of rotatable bonds is 6. The number of hydrogen-bond acceptors (Lipinski definition) is 6. The van der Waals surface area contributed by atoms with Crippen LogP contribution in [0.5, 0.6) is 0 Å². The molecule has 0 heterocycles. The van der Waals surface area contributed by atoms with Crippen molar-refractivity contribution in [3.63, 3.8) is 0 Å². The molecular weight excluding hydrogens is 454 g/mol. The third-order valence-corrected chi connectivity index (χ3v) is 10.0. The molecule has 0 aromatic carbocycles. The van der Waals surface area contributed by atoms with Crippen LogP contribution >= 0.6 is 0 Å². The number of hydrogen-bond donors (Lipinski definition) is 0. The van der Waals surface area contributed by atoms with E-state index in [0.29, 0.717) is 0 Å². The van der Waals surface area contributed by atoms with Crippen molar-refractivity contribution in [3.8, 4) is 0 Å². The van der Waals surface area contributed by atoms with Gasteiger partial charge in [0.1, 0.15) is 17.3 Å². The molecule has 0 N–H and O–H groups in total. The minimum Gasteiger partial charge on any atom is -0.260 e. The second-order valence-corrected chi connectivity index (χ2v) is 10.9. The van der Waals surface area contributed by atoms with Gasteiger partial charge in [-0.25, -0.2) is 0 Å².